The summed E-state index contributed by atoms with van der Waals surface area (Å²) in [5, 5.41) is 17.5. The molecule has 8 heteroatoms. The van der Waals surface area contributed by atoms with Crippen molar-refractivity contribution in [2.45, 2.75) is 25.8 Å². The highest BCUT2D eigenvalue weighted by molar-refractivity contribution is 6.09. The summed E-state index contributed by atoms with van der Waals surface area (Å²) in [5.74, 6) is 0.211. The van der Waals surface area contributed by atoms with E-state index < -0.39 is 5.97 Å². The SMILES string of the molecule is CCOCCNc1ncc2c(n1)c(NC1CC1)nc1cc(C(=O)O)ccc12. The molecule has 1 fully saturated rings. The second-order valence-corrected chi connectivity index (χ2v) is 6.50. The third-order valence-electron chi connectivity index (χ3n) is 4.43. The monoisotopic (exact) mass is 367 g/mol. The fraction of sp³-hybridized carbons (Fsp3) is 0.368. The Morgan fingerprint density at radius 3 is 2.89 bits per heavy atom. The maximum Gasteiger partial charge on any atom is 0.335 e. The van der Waals surface area contributed by atoms with E-state index in [0.29, 0.717) is 43.1 Å². The van der Waals surface area contributed by atoms with E-state index in [1.807, 2.05) is 6.92 Å². The molecule has 0 unspecified atom stereocenters. The van der Waals surface area contributed by atoms with Crippen molar-refractivity contribution >= 4 is 39.5 Å². The van der Waals surface area contributed by atoms with Crippen LogP contribution in [-0.4, -0.2) is 51.8 Å². The molecule has 2 heterocycles. The highest BCUT2D eigenvalue weighted by Gasteiger charge is 2.23. The molecular formula is C19H21N5O3. The van der Waals surface area contributed by atoms with E-state index in [1.54, 1.807) is 24.4 Å². The maximum absolute atomic E-state index is 11.3. The number of aromatic carboxylic acids is 1. The maximum atomic E-state index is 11.3. The predicted octanol–water partition coefficient (Wildman–Crippen LogP) is 2.90. The van der Waals surface area contributed by atoms with Crippen molar-refractivity contribution in [3.63, 3.8) is 0 Å². The smallest absolute Gasteiger partial charge is 0.335 e. The fourth-order valence-corrected chi connectivity index (χ4v) is 2.90. The Hall–Kier alpha value is -3.00. The molecule has 0 atom stereocenters. The number of nitrogens with one attached hydrogen (secondary N) is 2. The standard InChI is InChI=1S/C19H21N5O3/c1-2-27-8-7-20-19-21-10-14-13-6-3-11(18(25)26)9-15(13)23-17(16(14)24-19)22-12-4-5-12/h3,6,9-10,12H,2,4-5,7-8H2,1H3,(H,22,23)(H,25,26)(H,20,21,24). The van der Waals surface area contributed by atoms with Crippen LogP contribution in [0.25, 0.3) is 21.8 Å². The zero-order chi connectivity index (χ0) is 18.8. The Bertz CT molecular complexity index is 1000. The number of benzene rings is 1. The third-order valence-corrected chi connectivity index (χ3v) is 4.43. The third kappa shape index (κ3) is 3.75. The Morgan fingerprint density at radius 2 is 2.15 bits per heavy atom. The first kappa shape index (κ1) is 17.4. The Labute approximate surface area is 156 Å². The summed E-state index contributed by atoms with van der Waals surface area (Å²) in [7, 11) is 0. The molecule has 1 aromatic carbocycles. The molecule has 1 aliphatic carbocycles. The van der Waals surface area contributed by atoms with Crippen LogP contribution in [0.3, 0.4) is 0 Å². The number of carboxylic acid groups (broad SMARTS) is 1. The fourth-order valence-electron chi connectivity index (χ4n) is 2.90. The number of hydrogen-bond donors (Lipinski definition) is 3. The first-order valence-electron chi connectivity index (χ1n) is 9.07. The zero-order valence-electron chi connectivity index (χ0n) is 15.0. The first-order chi connectivity index (χ1) is 13.2. The number of rotatable bonds is 8. The quantitative estimate of drug-likeness (QED) is 0.412. The molecule has 1 saturated carbocycles. The van der Waals surface area contributed by atoms with Crippen LogP contribution < -0.4 is 10.6 Å². The van der Waals surface area contributed by atoms with E-state index in [4.69, 9.17) is 4.74 Å². The van der Waals surface area contributed by atoms with Gasteiger partial charge in [-0.1, -0.05) is 6.07 Å². The lowest BCUT2D eigenvalue weighted by Crippen LogP contribution is -2.12. The molecular weight excluding hydrogens is 346 g/mol. The lowest BCUT2D eigenvalue weighted by Gasteiger charge is -2.12. The van der Waals surface area contributed by atoms with Crippen LogP contribution in [0.1, 0.15) is 30.1 Å². The molecule has 2 aromatic heterocycles. The highest BCUT2D eigenvalue weighted by atomic mass is 16.5. The Morgan fingerprint density at radius 1 is 1.30 bits per heavy atom. The number of hydrogen-bond acceptors (Lipinski definition) is 7. The van der Waals surface area contributed by atoms with E-state index in [2.05, 4.69) is 25.6 Å². The van der Waals surface area contributed by atoms with E-state index in [1.165, 1.54) is 0 Å². The lowest BCUT2D eigenvalue weighted by molar-refractivity contribution is 0.0697. The summed E-state index contributed by atoms with van der Waals surface area (Å²) < 4.78 is 5.32. The van der Waals surface area contributed by atoms with Gasteiger partial charge in [0.05, 0.1) is 17.7 Å². The summed E-state index contributed by atoms with van der Waals surface area (Å²) in [6, 6.07) is 5.32. The van der Waals surface area contributed by atoms with E-state index in [9.17, 15) is 9.90 Å². The minimum absolute atomic E-state index is 0.210. The van der Waals surface area contributed by atoms with E-state index in [0.717, 1.165) is 29.1 Å². The van der Waals surface area contributed by atoms with Gasteiger partial charge in [0, 0.05) is 36.2 Å². The van der Waals surface area contributed by atoms with Crippen LogP contribution in [-0.2, 0) is 4.74 Å². The summed E-state index contributed by atoms with van der Waals surface area (Å²) in [6.45, 7) is 3.82. The van der Waals surface area contributed by atoms with Gasteiger partial charge in [-0.15, -0.1) is 0 Å². The van der Waals surface area contributed by atoms with Crippen molar-refractivity contribution in [1.29, 1.82) is 0 Å². The van der Waals surface area contributed by atoms with Gasteiger partial charge >= 0.3 is 5.97 Å². The lowest BCUT2D eigenvalue weighted by atomic mass is 10.1. The van der Waals surface area contributed by atoms with Gasteiger partial charge in [-0.3, -0.25) is 0 Å². The largest absolute Gasteiger partial charge is 0.478 e. The molecule has 0 aliphatic heterocycles. The topological polar surface area (TPSA) is 109 Å². The molecule has 8 nitrogen and oxygen atoms in total. The molecule has 4 rings (SSSR count). The average molecular weight is 367 g/mol. The number of ether oxygens (including phenoxy) is 1. The normalized spacial score (nSPS) is 13.8. The van der Waals surface area contributed by atoms with Gasteiger partial charge in [0.1, 0.15) is 5.52 Å². The van der Waals surface area contributed by atoms with Crippen molar-refractivity contribution in [2.75, 3.05) is 30.4 Å². The van der Waals surface area contributed by atoms with Crippen LogP contribution >= 0.6 is 0 Å². The molecule has 140 valence electrons. The van der Waals surface area contributed by atoms with Crippen molar-refractivity contribution in [3.05, 3.63) is 30.0 Å². The van der Waals surface area contributed by atoms with Crippen molar-refractivity contribution < 1.29 is 14.6 Å². The van der Waals surface area contributed by atoms with Gasteiger partial charge in [-0.2, -0.15) is 0 Å². The van der Waals surface area contributed by atoms with E-state index in [-0.39, 0.29) is 5.56 Å². The summed E-state index contributed by atoms with van der Waals surface area (Å²) in [5.41, 5.74) is 1.56. The van der Waals surface area contributed by atoms with Gasteiger partial charge in [0.2, 0.25) is 5.95 Å². The number of carboxylic acids is 1. The molecule has 0 spiro atoms. The van der Waals surface area contributed by atoms with Crippen LogP contribution in [0, 0.1) is 0 Å². The van der Waals surface area contributed by atoms with Gasteiger partial charge in [0.15, 0.2) is 5.82 Å². The van der Waals surface area contributed by atoms with Crippen LogP contribution in [0.2, 0.25) is 0 Å². The Balaban J connectivity index is 1.77. The second-order valence-electron chi connectivity index (χ2n) is 6.50. The first-order valence-corrected chi connectivity index (χ1v) is 9.07. The van der Waals surface area contributed by atoms with E-state index >= 15 is 0 Å². The second kappa shape index (κ2) is 7.32. The molecule has 3 N–H and O–H groups in total. The minimum atomic E-state index is -0.972. The number of pyridine rings is 1. The summed E-state index contributed by atoms with van der Waals surface area (Å²) in [6.07, 6.45) is 3.95. The number of aromatic nitrogens is 3. The molecule has 0 amide bonds. The summed E-state index contributed by atoms with van der Waals surface area (Å²) in [4.78, 5) is 25.0. The van der Waals surface area contributed by atoms with Crippen molar-refractivity contribution in [3.8, 4) is 0 Å². The molecule has 0 radical (unpaired) electrons. The van der Waals surface area contributed by atoms with Gasteiger partial charge < -0.3 is 20.5 Å². The average Bonchev–Trinajstić information content (AvgIpc) is 3.49. The highest BCUT2D eigenvalue weighted by Crippen LogP contribution is 2.32. The number of anilines is 2. The molecule has 0 bridgehead atoms. The van der Waals surface area contributed by atoms with Crippen LogP contribution in [0.5, 0.6) is 0 Å². The van der Waals surface area contributed by atoms with Crippen LogP contribution in [0.15, 0.2) is 24.4 Å². The van der Waals surface area contributed by atoms with Gasteiger partial charge in [-0.25, -0.2) is 19.7 Å². The van der Waals surface area contributed by atoms with Crippen molar-refractivity contribution in [2.24, 2.45) is 0 Å². The minimum Gasteiger partial charge on any atom is -0.478 e. The van der Waals surface area contributed by atoms with Gasteiger partial charge in [-0.05, 0) is 31.9 Å². The molecule has 1 aliphatic rings. The van der Waals surface area contributed by atoms with Gasteiger partial charge in [0.25, 0.3) is 0 Å². The van der Waals surface area contributed by atoms with Crippen molar-refractivity contribution in [1.82, 2.24) is 15.0 Å². The molecule has 0 saturated heterocycles. The number of fused-ring (bicyclic) bond motifs is 3. The van der Waals surface area contributed by atoms with Crippen LogP contribution in [0.4, 0.5) is 11.8 Å². The summed E-state index contributed by atoms with van der Waals surface area (Å²) >= 11 is 0. The number of carbonyl (C=O) groups is 1. The predicted molar refractivity (Wildman–Crippen MR) is 103 cm³/mol. The number of nitrogens with zero attached hydrogens (tertiary/aromatic N) is 3. The zero-order valence-corrected chi connectivity index (χ0v) is 15.0. The molecule has 27 heavy (non-hydrogen) atoms. The Kier molecular flexibility index (Phi) is 4.72. The molecule has 3 aromatic rings.